The standard InChI is InChI=1S/C12H14F4N4O2/c1-6-3-7(2)19(17-6)5-9(21)20-12(22,11(15)16)4-8(18-20)10(13)14/h3,11,18,22H,4-5H2,1-2H3. The number of hydrogen-bond acceptors (Lipinski definition) is 4. The van der Waals surface area contributed by atoms with Crippen molar-refractivity contribution in [3.05, 3.63) is 29.2 Å². The Morgan fingerprint density at radius 1 is 1.50 bits per heavy atom. The van der Waals surface area contributed by atoms with E-state index in [0.29, 0.717) is 11.4 Å². The molecular formula is C12H14F4N4O2. The molecule has 1 amide bonds. The molecule has 6 nitrogen and oxygen atoms in total. The quantitative estimate of drug-likeness (QED) is 0.823. The number of halogens is 4. The molecule has 122 valence electrons. The number of nitrogens with zero attached hydrogens (tertiary/aromatic N) is 3. The number of carbonyl (C=O) groups is 1. The number of aromatic nitrogens is 2. The second-order valence-corrected chi connectivity index (χ2v) is 5.02. The van der Waals surface area contributed by atoms with E-state index in [0.717, 1.165) is 0 Å². The van der Waals surface area contributed by atoms with E-state index in [9.17, 15) is 27.5 Å². The van der Waals surface area contributed by atoms with Crippen LogP contribution >= 0.6 is 0 Å². The molecule has 22 heavy (non-hydrogen) atoms. The molecule has 10 heteroatoms. The van der Waals surface area contributed by atoms with E-state index >= 15 is 0 Å². The molecule has 0 aromatic carbocycles. The minimum Gasteiger partial charge on any atom is -0.364 e. The van der Waals surface area contributed by atoms with Crippen LogP contribution in [0.4, 0.5) is 17.6 Å². The van der Waals surface area contributed by atoms with Gasteiger partial charge in [-0.25, -0.2) is 13.8 Å². The number of aryl methyl sites for hydroxylation is 2. The lowest BCUT2D eigenvalue weighted by Gasteiger charge is -2.31. The van der Waals surface area contributed by atoms with Crippen molar-refractivity contribution >= 4 is 5.91 Å². The summed E-state index contributed by atoms with van der Waals surface area (Å²) in [5, 5.41) is 14.0. The molecule has 1 aromatic heterocycles. The van der Waals surface area contributed by atoms with Crippen molar-refractivity contribution in [1.29, 1.82) is 0 Å². The lowest BCUT2D eigenvalue weighted by molar-refractivity contribution is -0.196. The van der Waals surface area contributed by atoms with E-state index in [1.807, 2.05) is 5.43 Å². The molecule has 1 unspecified atom stereocenters. The number of hydrazine groups is 1. The Morgan fingerprint density at radius 2 is 2.14 bits per heavy atom. The van der Waals surface area contributed by atoms with Gasteiger partial charge in [-0.2, -0.15) is 13.9 Å². The molecule has 1 fully saturated rings. The van der Waals surface area contributed by atoms with E-state index in [4.69, 9.17) is 0 Å². The van der Waals surface area contributed by atoms with Gasteiger partial charge >= 0.3 is 0 Å². The van der Waals surface area contributed by atoms with Crippen molar-refractivity contribution in [3.8, 4) is 0 Å². The zero-order chi connectivity index (χ0) is 16.7. The molecule has 2 rings (SSSR count). The molecule has 0 saturated carbocycles. The highest BCUT2D eigenvalue weighted by atomic mass is 19.3. The fraction of sp³-hybridized carbons (Fsp3) is 0.500. The molecular weight excluding hydrogens is 308 g/mol. The summed E-state index contributed by atoms with van der Waals surface area (Å²) in [6.45, 7) is 2.86. The van der Waals surface area contributed by atoms with Gasteiger partial charge in [-0.05, 0) is 19.9 Å². The number of carbonyl (C=O) groups excluding carboxylic acids is 1. The average Bonchev–Trinajstić information content (AvgIpc) is 2.91. The number of alkyl halides is 2. The zero-order valence-corrected chi connectivity index (χ0v) is 11.8. The van der Waals surface area contributed by atoms with Crippen LogP contribution in [-0.4, -0.2) is 38.0 Å². The molecule has 1 saturated heterocycles. The number of nitrogens with one attached hydrogen (secondary N) is 1. The van der Waals surface area contributed by atoms with Crippen LogP contribution in [0, 0.1) is 13.8 Å². The second kappa shape index (κ2) is 5.59. The van der Waals surface area contributed by atoms with Gasteiger partial charge in [-0.15, -0.1) is 0 Å². The molecule has 1 aromatic rings. The Labute approximate surface area is 123 Å². The first-order valence-corrected chi connectivity index (χ1v) is 6.30. The molecule has 2 N–H and O–H groups in total. The normalized spacial score (nSPS) is 21.5. The highest BCUT2D eigenvalue weighted by Crippen LogP contribution is 2.34. The van der Waals surface area contributed by atoms with Gasteiger partial charge in [0.05, 0.1) is 12.1 Å². The topological polar surface area (TPSA) is 70.4 Å². The van der Waals surface area contributed by atoms with Crippen molar-refractivity contribution in [3.63, 3.8) is 0 Å². The van der Waals surface area contributed by atoms with Gasteiger partial charge in [0.1, 0.15) is 12.2 Å². The van der Waals surface area contributed by atoms with Crippen LogP contribution in [0.25, 0.3) is 0 Å². The summed E-state index contributed by atoms with van der Waals surface area (Å²) >= 11 is 0. The molecule has 0 aliphatic carbocycles. The summed E-state index contributed by atoms with van der Waals surface area (Å²) in [6.07, 6.45) is -6.75. The number of rotatable bonds is 3. The first kappa shape index (κ1) is 16.3. The van der Waals surface area contributed by atoms with E-state index < -0.39 is 42.8 Å². The van der Waals surface area contributed by atoms with Crippen molar-refractivity contribution < 1.29 is 27.5 Å². The van der Waals surface area contributed by atoms with Crippen LogP contribution in [0.1, 0.15) is 17.8 Å². The number of amides is 1. The van der Waals surface area contributed by atoms with Gasteiger partial charge in [0.2, 0.25) is 5.72 Å². The summed E-state index contributed by atoms with van der Waals surface area (Å²) in [5.74, 6) is -1.01. The van der Waals surface area contributed by atoms with E-state index in [1.165, 1.54) is 4.68 Å². The molecule has 1 aliphatic rings. The van der Waals surface area contributed by atoms with Gasteiger partial charge in [0.15, 0.2) is 0 Å². The van der Waals surface area contributed by atoms with E-state index in [-0.39, 0.29) is 5.01 Å². The largest absolute Gasteiger partial charge is 0.364 e. The van der Waals surface area contributed by atoms with Crippen LogP contribution in [0.3, 0.4) is 0 Å². The summed E-state index contributed by atoms with van der Waals surface area (Å²) in [6, 6.07) is 1.66. The first-order valence-electron chi connectivity index (χ1n) is 6.30. The maximum absolute atomic E-state index is 13.0. The van der Waals surface area contributed by atoms with Crippen molar-refractivity contribution in [2.24, 2.45) is 0 Å². The Kier molecular flexibility index (Phi) is 4.14. The van der Waals surface area contributed by atoms with Crippen LogP contribution in [-0.2, 0) is 11.3 Å². The molecule has 0 radical (unpaired) electrons. The fourth-order valence-electron chi connectivity index (χ4n) is 2.21. The molecule has 1 aliphatic heterocycles. The molecule has 0 bridgehead atoms. The minimum atomic E-state index is -3.42. The van der Waals surface area contributed by atoms with Gasteiger partial charge in [-0.1, -0.05) is 0 Å². The summed E-state index contributed by atoms with van der Waals surface area (Å²) in [5.41, 5.74) is -0.878. The average molecular weight is 322 g/mol. The van der Waals surface area contributed by atoms with Crippen molar-refractivity contribution in [2.75, 3.05) is 0 Å². The predicted octanol–water partition coefficient (Wildman–Crippen LogP) is 1.30. The second-order valence-electron chi connectivity index (χ2n) is 5.02. The Balaban J connectivity index is 2.27. The smallest absolute Gasteiger partial charge is 0.291 e. The summed E-state index contributed by atoms with van der Waals surface area (Å²) in [4.78, 5) is 12.1. The lowest BCUT2D eigenvalue weighted by Crippen LogP contribution is -2.56. The van der Waals surface area contributed by atoms with Gasteiger partial charge in [0, 0.05) is 5.69 Å². The highest BCUT2D eigenvalue weighted by molar-refractivity contribution is 5.77. The molecule has 1 atom stereocenters. The third-order valence-corrected chi connectivity index (χ3v) is 3.29. The van der Waals surface area contributed by atoms with Crippen LogP contribution in [0.15, 0.2) is 17.8 Å². The highest BCUT2D eigenvalue weighted by Gasteiger charge is 2.53. The monoisotopic (exact) mass is 322 g/mol. The van der Waals surface area contributed by atoms with E-state index in [1.54, 1.807) is 19.9 Å². The van der Waals surface area contributed by atoms with Crippen LogP contribution in [0.2, 0.25) is 0 Å². The third-order valence-electron chi connectivity index (χ3n) is 3.29. The van der Waals surface area contributed by atoms with Gasteiger partial charge in [0.25, 0.3) is 18.4 Å². The zero-order valence-electron chi connectivity index (χ0n) is 11.8. The maximum Gasteiger partial charge on any atom is 0.291 e. The number of aliphatic hydroxyl groups is 1. The van der Waals surface area contributed by atoms with E-state index in [2.05, 4.69) is 5.10 Å². The Morgan fingerprint density at radius 3 is 2.59 bits per heavy atom. The van der Waals surface area contributed by atoms with Gasteiger partial charge in [-0.3, -0.25) is 14.9 Å². The molecule has 2 heterocycles. The summed E-state index contributed by atoms with van der Waals surface area (Å²) < 4.78 is 52.4. The van der Waals surface area contributed by atoms with Crippen LogP contribution < -0.4 is 5.43 Å². The first-order chi connectivity index (χ1) is 10.1. The fourth-order valence-corrected chi connectivity index (χ4v) is 2.21. The van der Waals surface area contributed by atoms with Crippen LogP contribution in [0.5, 0.6) is 0 Å². The Bertz CT molecular complexity index is 627. The van der Waals surface area contributed by atoms with Crippen molar-refractivity contribution in [2.45, 2.75) is 39.0 Å². The van der Waals surface area contributed by atoms with Gasteiger partial charge < -0.3 is 5.11 Å². The Hall–Kier alpha value is -2.10. The maximum atomic E-state index is 13.0. The predicted molar refractivity (Wildman–Crippen MR) is 66.5 cm³/mol. The van der Waals surface area contributed by atoms with Crippen molar-refractivity contribution in [1.82, 2.24) is 20.2 Å². The minimum absolute atomic E-state index is 0.141. The number of hydrogen-bond donors (Lipinski definition) is 2. The summed E-state index contributed by atoms with van der Waals surface area (Å²) in [7, 11) is 0. The molecule has 0 spiro atoms. The third kappa shape index (κ3) is 2.78. The lowest BCUT2D eigenvalue weighted by atomic mass is 10.1. The SMILES string of the molecule is Cc1cc(C)n(CC(=O)N2NC(=C(F)F)CC2(O)C(F)F)n1.